The van der Waals surface area contributed by atoms with Crippen molar-refractivity contribution < 1.29 is 0 Å². The maximum absolute atomic E-state index is 5.43. The second kappa shape index (κ2) is 2.66. The maximum atomic E-state index is 5.43. The van der Waals surface area contributed by atoms with E-state index in [1.54, 1.807) is 6.20 Å². The van der Waals surface area contributed by atoms with Crippen LogP contribution in [0, 0.1) is 0 Å². The monoisotopic (exact) mass is 250 g/mol. The maximum Gasteiger partial charge on any atom is 0.138 e. The molecule has 0 aliphatic carbocycles. The van der Waals surface area contributed by atoms with Crippen LogP contribution >= 0.6 is 31.9 Å². The van der Waals surface area contributed by atoms with Gasteiger partial charge in [-0.2, -0.15) is 0 Å². The van der Waals surface area contributed by atoms with E-state index in [2.05, 4.69) is 36.8 Å². The van der Waals surface area contributed by atoms with Gasteiger partial charge in [0.2, 0.25) is 0 Å². The normalized spacial score (nSPS) is 9.56. The zero-order valence-corrected chi connectivity index (χ0v) is 7.61. The van der Waals surface area contributed by atoms with Crippen LogP contribution in [0.3, 0.4) is 0 Å². The lowest BCUT2D eigenvalue weighted by Crippen LogP contribution is -1.89. The van der Waals surface area contributed by atoms with Gasteiger partial charge in [0.1, 0.15) is 5.82 Å². The Hall–Kier alpha value is -0.0900. The zero-order chi connectivity index (χ0) is 6.85. The van der Waals surface area contributed by atoms with Crippen LogP contribution in [0.2, 0.25) is 0 Å². The molecule has 2 nitrogen and oxygen atoms in total. The minimum Gasteiger partial charge on any atom is -0.383 e. The van der Waals surface area contributed by atoms with Gasteiger partial charge in [-0.05, 0) is 37.9 Å². The molecule has 9 heavy (non-hydrogen) atoms. The lowest BCUT2D eigenvalue weighted by Gasteiger charge is -1.96. The first-order chi connectivity index (χ1) is 4.22. The summed E-state index contributed by atoms with van der Waals surface area (Å²) in [6.07, 6.45) is 1.64. The molecule has 0 fully saturated rings. The van der Waals surface area contributed by atoms with Crippen LogP contribution in [0.4, 0.5) is 5.82 Å². The second-order valence-corrected chi connectivity index (χ2v) is 3.14. The predicted octanol–water partition coefficient (Wildman–Crippen LogP) is 2.19. The molecule has 4 heteroatoms. The highest BCUT2D eigenvalue weighted by Crippen LogP contribution is 2.25. The average molecular weight is 252 g/mol. The van der Waals surface area contributed by atoms with Crippen LogP contribution in [0.1, 0.15) is 0 Å². The SMILES string of the molecule is Nc1nccc(Br)c1Br. The molecule has 2 N–H and O–H groups in total. The molecule has 0 aliphatic rings. The van der Waals surface area contributed by atoms with Crippen LogP contribution < -0.4 is 5.73 Å². The van der Waals surface area contributed by atoms with E-state index in [1.165, 1.54) is 0 Å². The molecule has 0 amide bonds. The van der Waals surface area contributed by atoms with E-state index in [9.17, 15) is 0 Å². The molecule has 0 atom stereocenters. The van der Waals surface area contributed by atoms with Gasteiger partial charge >= 0.3 is 0 Å². The zero-order valence-electron chi connectivity index (χ0n) is 4.44. The number of nitrogen functional groups attached to an aromatic ring is 1. The molecule has 1 rings (SSSR count). The van der Waals surface area contributed by atoms with Crippen molar-refractivity contribution in [3.8, 4) is 0 Å². The lowest BCUT2D eigenvalue weighted by atomic mass is 10.5. The number of nitrogens with zero attached hydrogens (tertiary/aromatic N) is 1. The molecule has 0 radical (unpaired) electrons. The quantitative estimate of drug-likeness (QED) is 0.768. The van der Waals surface area contributed by atoms with Gasteiger partial charge in [-0.15, -0.1) is 0 Å². The molecule has 0 saturated heterocycles. The van der Waals surface area contributed by atoms with Gasteiger partial charge in [0.05, 0.1) is 4.47 Å². The Morgan fingerprint density at radius 3 is 2.56 bits per heavy atom. The number of aromatic nitrogens is 1. The van der Waals surface area contributed by atoms with Crippen molar-refractivity contribution in [2.75, 3.05) is 5.73 Å². The first-order valence-corrected chi connectivity index (χ1v) is 3.86. The molecular weight excluding hydrogens is 248 g/mol. The van der Waals surface area contributed by atoms with Gasteiger partial charge in [-0.1, -0.05) is 0 Å². The summed E-state index contributed by atoms with van der Waals surface area (Å²) < 4.78 is 1.74. The molecular formula is C5H4Br2N2. The van der Waals surface area contributed by atoms with Crippen LogP contribution in [-0.2, 0) is 0 Å². The van der Waals surface area contributed by atoms with E-state index < -0.39 is 0 Å². The third kappa shape index (κ3) is 1.43. The van der Waals surface area contributed by atoms with Crippen LogP contribution in [0.5, 0.6) is 0 Å². The fraction of sp³-hybridized carbons (Fsp3) is 0. The van der Waals surface area contributed by atoms with Crippen molar-refractivity contribution in [2.24, 2.45) is 0 Å². The summed E-state index contributed by atoms with van der Waals surface area (Å²) in [5, 5.41) is 0. The lowest BCUT2D eigenvalue weighted by molar-refractivity contribution is 1.30. The first-order valence-electron chi connectivity index (χ1n) is 2.27. The number of pyridine rings is 1. The van der Waals surface area contributed by atoms with Gasteiger partial charge in [-0.3, -0.25) is 0 Å². The van der Waals surface area contributed by atoms with Gasteiger partial charge in [0.25, 0.3) is 0 Å². The third-order valence-corrected chi connectivity index (χ3v) is 2.90. The molecule has 0 saturated carbocycles. The third-order valence-electron chi connectivity index (χ3n) is 0.869. The average Bonchev–Trinajstić information content (AvgIpc) is 1.83. The van der Waals surface area contributed by atoms with Crippen molar-refractivity contribution in [1.29, 1.82) is 0 Å². The van der Waals surface area contributed by atoms with E-state index in [4.69, 9.17) is 5.73 Å². The molecule has 1 aromatic heterocycles. The smallest absolute Gasteiger partial charge is 0.138 e. The summed E-state index contributed by atoms with van der Waals surface area (Å²) in [5.74, 6) is 0.504. The molecule has 0 aliphatic heterocycles. The van der Waals surface area contributed by atoms with E-state index in [-0.39, 0.29) is 0 Å². The number of hydrogen-bond donors (Lipinski definition) is 1. The Balaban J connectivity index is 3.25. The molecule has 48 valence electrons. The van der Waals surface area contributed by atoms with Crippen molar-refractivity contribution >= 4 is 37.7 Å². The van der Waals surface area contributed by atoms with Gasteiger partial charge in [-0.25, -0.2) is 4.98 Å². The Bertz CT molecular complexity index is 204. The number of anilines is 1. The van der Waals surface area contributed by atoms with Gasteiger partial charge in [0, 0.05) is 10.7 Å². The number of halogens is 2. The van der Waals surface area contributed by atoms with Crippen molar-refractivity contribution in [3.05, 3.63) is 21.2 Å². The van der Waals surface area contributed by atoms with Crippen molar-refractivity contribution in [3.63, 3.8) is 0 Å². The summed E-state index contributed by atoms with van der Waals surface area (Å²) in [5.41, 5.74) is 5.43. The Labute approximate surface area is 69.7 Å². The Morgan fingerprint density at radius 1 is 1.44 bits per heavy atom. The molecule has 1 heterocycles. The van der Waals surface area contributed by atoms with Gasteiger partial charge < -0.3 is 5.73 Å². The number of hydrogen-bond acceptors (Lipinski definition) is 2. The highest BCUT2D eigenvalue weighted by atomic mass is 79.9. The second-order valence-electron chi connectivity index (χ2n) is 1.49. The molecule has 0 bridgehead atoms. The van der Waals surface area contributed by atoms with Gasteiger partial charge in [0.15, 0.2) is 0 Å². The van der Waals surface area contributed by atoms with E-state index in [0.29, 0.717) is 5.82 Å². The van der Waals surface area contributed by atoms with Crippen molar-refractivity contribution in [2.45, 2.75) is 0 Å². The summed E-state index contributed by atoms with van der Waals surface area (Å²) in [7, 11) is 0. The topological polar surface area (TPSA) is 38.9 Å². The fourth-order valence-electron chi connectivity index (χ4n) is 0.435. The minimum absolute atomic E-state index is 0.504. The van der Waals surface area contributed by atoms with E-state index >= 15 is 0 Å². The van der Waals surface area contributed by atoms with Crippen LogP contribution in [0.25, 0.3) is 0 Å². The van der Waals surface area contributed by atoms with Crippen molar-refractivity contribution in [1.82, 2.24) is 4.98 Å². The molecule has 0 spiro atoms. The van der Waals surface area contributed by atoms with Crippen LogP contribution in [-0.4, -0.2) is 4.98 Å². The standard InChI is InChI=1S/C5H4Br2N2/c6-3-1-2-9-5(8)4(3)7/h1-2H,(H2,8,9). The van der Waals surface area contributed by atoms with E-state index in [1.807, 2.05) is 6.07 Å². The minimum atomic E-state index is 0.504. The Morgan fingerprint density at radius 2 is 2.11 bits per heavy atom. The highest BCUT2D eigenvalue weighted by molar-refractivity contribution is 9.13. The summed E-state index contributed by atoms with van der Waals surface area (Å²) in [6, 6.07) is 1.82. The molecule has 0 aromatic carbocycles. The summed E-state index contributed by atoms with van der Waals surface area (Å²) >= 11 is 6.52. The molecule has 0 unspecified atom stereocenters. The fourth-order valence-corrected chi connectivity index (χ4v) is 0.991. The van der Waals surface area contributed by atoms with Crippen LogP contribution in [0.15, 0.2) is 21.2 Å². The predicted molar refractivity (Wildman–Crippen MR) is 44.0 cm³/mol. The Kier molecular flexibility index (Phi) is 2.08. The largest absolute Gasteiger partial charge is 0.383 e. The first kappa shape index (κ1) is 7.02. The summed E-state index contributed by atoms with van der Waals surface area (Å²) in [4.78, 5) is 3.84. The number of nitrogens with two attached hydrogens (primary N) is 1. The molecule has 1 aromatic rings. The summed E-state index contributed by atoms with van der Waals surface area (Å²) in [6.45, 7) is 0. The highest BCUT2D eigenvalue weighted by Gasteiger charge is 1.98. The number of rotatable bonds is 0. The van der Waals surface area contributed by atoms with E-state index in [0.717, 1.165) is 8.95 Å².